The second-order valence-electron chi connectivity index (χ2n) is 5.38. The largest absolute Gasteiger partial charge is 0.454 e. The SMILES string of the molecule is CCn1cc(CNc2ccc3c(c2)OCO3)c2ccccc21. The summed E-state index contributed by atoms with van der Waals surface area (Å²) in [7, 11) is 0. The summed E-state index contributed by atoms with van der Waals surface area (Å²) >= 11 is 0. The molecule has 4 rings (SSSR count). The van der Waals surface area contributed by atoms with E-state index in [1.807, 2.05) is 18.2 Å². The van der Waals surface area contributed by atoms with Crippen LogP contribution in [0.4, 0.5) is 5.69 Å². The number of aromatic nitrogens is 1. The van der Waals surface area contributed by atoms with Crippen LogP contribution in [0.2, 0.25) is 0 Å². The van der Waals surface area contributed by atoms with E-state index in [1.165, 1.54) is 16.5 Å². The summed E-state index contributed by atoms with van der Waals surface area (Å²) in [6, 6.07) is 14.5. The molecule has 0 saturated heterocycles. The lowest BCUT2D eigenvalue weighted by Crippen LogP contribution is -1.99. The fourth-order valence-electron chi connectivity index (χ4n) is 2.93. The van der Waals surface area contributed by atoms with E-state index < -0.39 is 0 Å². The molecule has 1 aliphatic heterocycles. The van der Waals surface area contributed by atoms with Crippen LogP contribution in [0.15, 0.2) is 48.7 Å². The van der Waals surface area contributed by atoms with Crippen molar-refractivity contribution < 1.29 is 9.47 Å². The number of rotatable bonds is 4. The second-order valence-corrected chi connectivity index (χ2v) is 5.38. The van der Waals surface area contributed by atoms with Gasteiger partial charge in [0, 0.05) is 41.9 Å². The first-order chi connectivity index (χ1) is 10.8. The Bertz CT molecular complexity index is 823. The molecule has 0 radical (unpaired) electrons. The van der Waals surface area contributed by atoms with Crippen LogP contribution in [0, 0.1) is 0 Å². The van der Waals surface area contributed by atoms with Crippen LogP contribution in [0.25, 0.3) is 10.9 Å². The van der Waals surface area contributed by atoms with Crippen molar-refractivity contribution in [3.8, 4) is 11.5 Å². The van der Waals surface area contributed by atoms with Crippen molar-refractivity contribution >= 4 is 16.6 Å². The summed E-state index contributed by atoms with van der Waals surface area (Å²) in [5.41, 5.74) is 3.63. The minimum Gasteiger partial charge on any atom is -0.454 e. The number of hydrogen-bond donors (Lipinski definition) is 1. The van der Waals surface area contributed by atoms with Crippen LogP contribution in [0.5, 0.6) is 11.5 Å². The molecule has 0 atom stereocenters. The van der Waals surface area contributed by atoms with E-state index in [0.29, 0.717) is 6.79 Å². The number of nitrogens with one attached hydrogen (secondary N) is 1. The summed E-state index contributed by atoms with van der Waals surface area (Å²) in [4.78, 5) is 0. The maximum absolute atomic E-state index is 5.42. The number of benzene rings is 2. The fourth-order valence-corrected chi connectivity index (χ4v) is 2.93. The zero-order valence-electron chi connectivity index (χ0n) is 12.5. The van der Waals surface area contributed by atoms with Crippen molar-refractivity contribution in [3.05, 3.63) is 54.2 Å². The van der Waals surface area contributed by atoms with Crippen LogP contribution >= 0.6 is 0 Å². The molecule has 2 heterocycles. The highest BCUT2D eigenvalue weighted by molar-refractivity contribution is 5.84. The van der Waals surface area contributed by atoms with E-state index in [2.05, 4.69) is 47.3 Å². The number of para-hydroxylation sites is 1. The first kappa shape index (κ1) is 13.1. The van der Waals surface area contributed by atoms with E-state index in [1.54, 1.807) is 0 Å². The van der Waals surface area contributed by atoms with Crippen LogP contribution in [-0.2, 0) is 13.1 Å². The molecule has 4 heteroatoms. The van der Waals surface area contributed by atoms with Crippen LogP contribution in [0.1, 0.15) is 12.5 Å². The quantitative estimate of drug-likeness (QED) is 0.790. The molecule has 0 amide bonds. The van der Waals surface area contributed by atoms with Gasteiger partial charge in [0.05, 0.1) is 0 Å². The lowest BCUT2D eigenvalue weighted by molar-refractivity contribution is 0.174. The van der Waals surface area contributed by atoms with Crippen LogP contribution in [0.3, 0.4) is 0 Å². The van der Waals surface area contributed by atoms with Gasteiger partial charge in [0.15, 0.2) is 11.5 Å². The highest BCUT2D eigenvalue weighted by Gasteiger charge is 2.13. The van der Waals surface area contributed by atoms with Gasteiger partial charge >= 0.3 is 0 Å². The molecule has 22 heavy (non-hydrogen) atoms. The van der Waals surface area contributed by atoms with Crippen LogP contribution in [-0.4, -0.2) is 11.4 Å². The number of nitrogens with zero attached hydrogens (tertiary/aromatic N) is 1. The molecule has 2 aromatic carbocycles. The predicted octanol–water partition coefficient (Wildman–Crippen LogP) is 4.00. The van der Waals surface area contributed by atoms with E-state index in [-0.39, 0.29) is 0 Å². The average Bonchev–Trinajstić information content (AvgIpc) is 3.16. The summed E-state index contributed by atoms with van der Waals surface area (Å²) in [5, 5.41) is 4.77. The molecule has 0 fully saturated rings. The molecular weight excluding hydrogens is 276 g/mol. The maximum Gasteiger partial charge on any atom is 0.231 e. The molecule has 0 saturated carbocycles. The molecule has 112 valence electrons. The van der Waals surface area contributed by atoms with Gasteiger partial charge in [-0.15, -0.1) is 0 Å². The van der Waals surface area contributed by atoms with Gasteiger partial charge < -0.3 is 19.4 Å². The number of ether oxygens (including phenoxy) is 2. The highest BCUT2D eigenvalue weighted by atomic mass is 16.7. The van der Waals surface area contributed by atoms with Gasteiger partial charge in [0.1, 0.15) is 0 Å². The van der Waals surface area contributed by atoms with Crippen molar-refractivity contribution in [1.82, 2.24) is 4.57 Å². The Kier molecular flexibility index (Phi) is 3.15. The monoisotopic (exact) mass is 294 g/mol. The van der Waals surface area contributed by atoms with Gasteiger partial charge in [-0.2, -0.15) is 0 Å². The molecule has 0 unspecified atom stereocenters. The Morgan fingerprint density at radius 3 is 2.86 bits per heavy atom. The van der Waals surface area contributed by atoms with Crippen molar-refractivity contribution in [2.75, 3.05) is 12.1 Å². The van der Waals surface area contributed by atoms with Gasteiger partial charge in [0.25, 0.3) is 0 Å². The number of fused-ring (bicyclic) bond motifs is 2. The lowest BCUT2D eigenvalue weighted by atomic mass is 10.1. The molecule has 4 nitrogen and oxygen atoms in total. The normalized spacial score (nSPS) is 12.8. The third-order valence-electron chi connectivity index (χ3n) is 4.07. The summed E-state index contributed by atoms with van der Waals surface area (Å²) in [5.74, 6) is 1.62. The zero-order chi connectivity index (χ0) is 14.9. The standard InChI is InChI=1S/C18H18N2O2/c1-2-20-11-13(15-5-3-4-6-16(15)20)10-19-14-7-8-17-18(9-14)22-12-21-17/h3-9,11,19H,2,10,12H2,1H3. The molecule has 0 aliphatic carbocycles. The third kappa shape index (κ3) is 2.17. The zero-order valence-corrected chi connectivity index (χ0v) is 12.5. The molecule has 1 aromatic heterocycles. The maximum atomic E-state index is 5.42. The fraction of sp³-hybridized carbons (Fsp3) is 0.222. The molecule has 3 aromatic rings. The summed E-state index contributed by atoms with van der Waals surface area (Å²) in [6.07, 6.45) is 2.23. The number of aryl methyl sites for hydroxylation is 1. The van der Waals surface area contributed by atoms with E-state index >= 15 is 0 Å². The average molecular weight is 294 g/mol. The summed E-state index contributed by atoms with van der Waals surface area (Å²) < 4.78 is 13.0. The van der Waals surface area contributed by atoms with Gasteiger partial charge in [-0.3, -0.25) is 0 Å². The smallest absolute Gasteiger partial charge is 0.231 e. The number of hydrogen-bond acceptors (Lipinski definition) is 3. The first-order valence-electron chi connectivity index (χ1n) is 7.55. The van der Waals surface area contributed by atoms with Crippen LogP contribution < -0.4 is 14.8 Å². The van der Waals surface area contributed by atoms with E-state index in [4.69, 9.17) is 9.47 Å². The molecule has 0 spiro atoms. The molecule has 0 bridgehead atoms. The Morgan fingerprint density at radius 1 is 1.09 bits per heavy atom. The van der Waals surface area contributed by atoms with E-state index in [0.717, 1.165) is 30.3 Å². The Balaban J connectivity index is 1.59. The molecule has 1 N–H and O–H groups in total. The predicted molar refractivity (Wildman–Crippen MR) is 87.5 cm³/mol. The highest BCUT2D eigenvalue weighted by Crippen LogP contribution is 2.34. The van der Waals surface area contributed by atoms with Gasteiger partial charge in [-0.1, -0.05) is 18.2 Å². The lowest BCUT2D eigenvalue weighted by Gasteiger charge is -2.06. The minimum absolute atomic E-state index is 0.308. The topological polar surface area (TPSA) is 35.4 Å². The minimum atomic E-state index is 0.308. The van der Waals surface area contributed by atoms with Crippen molar-refractivity contribution in [2.45, 2.75) is 20.0 Å². The Labute approximate surface area is 129 Å². The van der Waals surface area contributed by atoms with Crippen molar-refractivity contribution in [3.63, 3.8) is 0 Å². The Hall–Kier alpha value is -2.62. The molecular formula is C18H18N2O2. The van der Waals surface area contributed by atoms with Gasteiger partial charge in [0.2, 0.25) is 6.79 Å². The van der Waals surface area contributed by atoms with Gasteiger partial charge in [-0.05, 0) is 30.7 Å². The van der Waals surface area contributed by atoms with Crippen molar-refractivity contribution in [2.24, 2.45) is 0 Å². The first-order valence-corrected chi connectivity index (χ1v) is 7.55. The molecule has 1 aliphatic rings. The second kappa shape index (κ2) is 5.30. The third-order valence-corrected chi connectivity index (χ3v) is 4.07. The van der Waals surface area contributed by atoms with E-state index in [9.17, 15) is 0 Å². The van der Waals surface area contributed by atoms with Crippen molar-refractivity contribution in [1.29, 1.82) is 0 Å². The summed E-state index contributed by atoms with van der Waals surface area (Å²) in [6.45, 7) is 4.24. The van der Waals surface area contributed by atoms with Gasteiger partial charge in [-0.25, -0.2) is 0 Å². The Morgan fingerprint density at radius 2 is 1.95 bits per heavy atom. The number of anilines is 1.